The van der Waals surface area contributed by atoms with E-state index in [1.807, 2.05) is 95.3 Å². The third kappa shape index (κ3) is 8.23. The molecule has 0 amide bonds. The number of hydrogen-bond acceptors (Lipinski definition) is 6. The van der Waals surface area contributed by atoms with Gasteiger partial charge in [0.1, 0.15) is 11.6 Å². The van der Waals surface area contributed by atoms with Gasteiger partial charge in [-0.1, -0.05) is 96.7 Å². The van der Waals surface area contributed by atoms with E-state index in [1.54, 1.807) is 0 Å². The van der Waals surface area contributed by atoms with Crippen LogP contribution in [0, 0.1) is 0 Å². The lowest BCUT2D eigenvalue weighted by atomic mass is 9.89. The van der Waals surface area contributed by atoms with E-state index in [9.17, 15) is 8.42 Å². The van der Waals surface area contributed by atoms with Gasteiger partial charge in [-0.05, 0) is 57.7 Å². The maximum absolute atomic E-state index is 13.7. The molecule has 0 heterocycles. The number of benzene rings is 2. The third-order valence-electron chi connectivity index (χ3n) is 7.25. The van der Waals surface area contributed by atoms with Crippen molar-refractivity contribution in [3.8, 4) is 0 Å². The summed E-state index contributed by atoms with van der Waals surface area (Å²) in [5.41, 5.74) is 12.6. The summed E-state index contributed by atoms with van der Waals surface area (Å²) in [5.74, 6) is 1.63. The van der Waals surface area contributed by atoms with E-state index >= 15 is 0 Å². The van der Waals surface area contributed by atoms with Gasteiger partial charge in [-0.15, -0.1) is 0 Å². The first-order chi connectivity index (χ1) is 19.7. The second kappa shape index (κ2) is 14.0. The van der Waals surface area contributed by atoms with E-state index in [-0.39, 0.29) is 18.4 Å². The Morgan fingerprint density at radius 2 is 1.40 bits per heavy atom. The average Bonchev–Trinajstić information content (AvgIpc) is 2.94. The summed E-state index contributed by atoms with van der Waals surface area (Å²) in [6.45, 7) is 17.3. The fourth-order valence-electron chi connectivity index (χ4n) is 4.64. The molecule has 3 rings (SSSR count). The minimum absolute atomic E-state index is 0.0815. The first kappa shape index (κ1) is 32.9. The second-order valence-electron chi connectivity index (χ2n) is 11.8. The molecule has 0 unspecified atom stereocenters. The molecule has 0 atom stereocenters. The van der Waals surface area contributed by atoms with Gasteiger partial charge in [-0.25, -0.2) is 18.1 Å². The zero-order valence-corrected chi connectivity index (χ0v) is 27.1. The number of rotatable bonds is 12. The summed E-state index contributed by atoms with van der Waals surface area (Å²) in [6.07, 6.45) is 7.68. The zero-order valence-electron chi connectivity index (χ0n) is 26.3. The van der Waals surface area contributed by atoms with Crippen molar-refractivity contribution in [3.63, 3.8) is 0 Å². The van der Waals surface area contributed by atoms with Crippen LogP contribution in [0.1, 0.15) is 87.1 Å². The van der Waals surface area contributed by atoms with Crippen molar-refractivity contribution in [1.82, 2.24) is 14.9 Å². The molecule has 1 aliphatic rings. The molecule has 42 heavy (non-hydrogen) atoms. The van der Waals surface area contributed by atoms with Crippen molar-refractivity contribution in [3.05, 3.63) is 112 Å². The van der Waals surface area contributed by atoms with E-state index in [1.165, 1.54) is 5.56 Å². The molecule has 0 radical (unpaired) electrons. The Morgan fingerprint density at radius 3 is 1.90 bits per heavy atom. The van der Waals surface area contributed by atoms with E-state index in [0.29, 0.717) is 29.0 Å². The quantitative estimate of drug-likeness (QED) is 0.266. The lowest BCUT2D eigenvalue weighted by Gasteiger charge is -2.23. The first-order valence-corrected chi connectivity index (χ1v) is 16.0. The van der Waals surface area contributed by atoms with Crippen LogP contribution in [-0.2, 0) is 23.1 Å². The highest BCUT2D eigenvalue weighted by molar-refractivity contribution is 7.89. The summed E-state index contributed by atoms with van der Waals surface area (Å²) in [6, 6.07) is 12.0. The molecule has 0 aromatic heterocycles. The topological polar surface area (TPSA) is 99.8 Å². The molecule has 0 saturated carbocycles. The van der Waals surface area contributed by atoms with Gasteiger partial charge in [0.25, 0.3) is 0 Å². The number of nitrogens with one attached hydrogen (secondary N) is 2. The van der Waals surface area contributed by atoms with Gasteiger partial charge in [-0.2, -0.15) is 0 Å². The van der Waals surface area contributed by atoms with Crippen LogP contribution < -0.4 is 15.8 Å². The normalized spacial score (nSPS) is 15.6. The molecule has 1 aliphatic carbocycles. The van der Waals surface area contributed by atoms with Crippen molar-refractivity contribution in [1.29, 1.82) is 0 Å². The Balaban J connectivity index is 1.70. The largest absolute Gasteiger partial charge is 0.385 e. The fraction of sp³-hybridized carbons (Fsp3) is 0.382. The molecule has 0 spiro atoms. The van der Waals surface area contributed by atoms with Gasteiger partial charge in [-0.3, -0.25) is 0 Å². The number of aliphatic imine (C=N–C) groups is 1. The molecule has 0 aliphatic heterocycles. The van der Waals surface area contributed by atoms with Crippen LogP contribution in [0.3, 0.4) is 0 Å². The van der Waals surface area contributed by atoms with E-state index in [2.05, 4.69) is 47.6 Å². The molecule has 8 heteroatoms. The molecule has 0 bridgehead atoms. The summed E-state index contributed by atoms with van der Waals surface area (Å²) in [4.78, 5) is 6.90. The average molecular weight is 590 g/mol. The number of sulfonamides is 1. The Hall–Kier alpha value is -3.62. The monoisotopic (exact) mass is 589 g/mol. The maximum atomic E-state index is 13.7. The van der Waals surface area contributed by atoms with Crippen LogP contribution in [0.4, 0.5) is 0 Å². The number of hydrogen-bond donors (Lipinski definition) is 3. The Morgan fingerprint density at radius 1 is 0.881 bits per heavy atom. The minimum Gasteiger partial charge on any atom is -0.385 e. The van der Waals surface area contributed by atoms with Gasteiger partial charge in [0.2, 0.25) is 10.0 Å². The molecular formula is C34H47N5O2S. The maximum Gasteiger partial charge on any atom is 0.241 e. The van der Waals surface area contributed by atoms with Gasteiger partial charge in [0.15, 0.2) is 0 Å². The highest BCUT2D eigenvalue weighted by atomic mass is 32.2. The molecule has 2 aromatic carbocycles. The fourth-order valence-corrected chi connectivity index (χ4v) is 6.35. The van der Waals surface area contributed by atoms with E-state index < -0.39 is 10.0 Å². The lowest BCUT2D eigenvalue weighted by Crippen LogP contribution is -2.26. The summed E-state index contributed by atoms with van der Waals surface area (Å²) < 4.78 is 30.2. The van der Waals surface area contributed by atoms with E-state index in [4.69, 9.17) is 5.73 Å². The Labute approximate surface area is 253 Å². The van der Waals surface area contributed by atoms with Crippen molar-refractivity contribution in [2.45, 2.75) is 77.3 Å². The highest BCUT2D eigenvalue weighted by Crippen LogP contribution is 2.35. The molecule has 226 valence electrons. The first-order valence-electron chi connectivity index (χ1n) is 14.5. The van der Waals surface area contributed by atoms with Crippen molar-refractivity contribution >= 4 is 15.7 Å². The number of nitrogens with two attached hydrogens (primary N) is 1. The van der Waals surface area contributed by atoms with Crippen LogP contribution in [0.5, 0.6) is 0 Å². The van der Waals surface area contributed by atoms with Gasteiger partial charge < -0.3 is 16.0 Å². The SMILES string of the molecule is C=C(/N=C1/C=CC=C/C1=C(/N)N(C)C)NCc1ccc(CNS(=O)(=O)c2c(C(C)C)cc(C(C)C)cc2C(C)C)cc1. The standard InChI is InChI=1S/C34H47N5O2S/c1-22(2)28-18-30(23(3)4)33(31(19-28)24(5)6)42(40,41)37-21-27-16-14-26(15-17-27)20-36-25(7)38-32-13-11-10-12-29(32)34(35)39(8)9/h10-19,22-24,36-37H,7,20-21,35H2,1-6,8-9H3/b34-29+,38-32-. The van der Waals surface area contributed by atoms with Crippen LogP contribution >= 0.6 is 0 Å². The van der Waals surface area contributed by atoms with Crippen LogP contribution in [0.25, 0.3) is 0 Å². The molecule has 2 aromatic rings. The summed E-state index contributed by atoms with van der Waals surface area (Å²) in [7, 11) is 0.0562. The van der Waals surface area contributed by atoms with Gasteiger partial charge in [0, 0.05) is 32.8 Å². The number of nitrogens with zero attached hydrogens (tertiary/aromatic N) is 2. The third-order valence-corrected chi connectivity index (χ3v) is 8.78. The zero-order chi connectivity index (χ0) is 31.2. The van der Waals surface area contributed by atoms with Crippen molar-refractivity contribution in [2.75, 3.05) is 14.1 Å². The summed E-state index contributed by atoms with van der Waals surface area (Å²) in [5, 5.41) is 3.25. The van der Waals surface area contributed by atoms with Crippen LogP contribution in [0.15, 0.2) is 94.4 Å². The summed E-state index contributed by atoms with van der Waals surface area (Å²) >= 11 is 0. The van der Waals surface area contributed by atoms with E-state index in [0.717, 1.165) is 33.5 Å². The number of allylic oxidation sites excluding steroid dienone is 5. The predicted molar refractivity (Wildman–Crippen MR) is 176 cm³/mol. The molecular weight excluding hydrogens is 542 g/mol. The van der Waals surface area contributed by atoms with Gasteiger partial charge >= 0.3 is 0 Å². The Bertz CT molecular complexity index is 1480. The highest BCUT2D eigenvalue weighted by Gasteiger charge is 2.26. The van der Waals surface area contributed by atoms with Crippen LogP contribution in [-0.4, -0.2) is 33.1 Å². The lowest BCUT2D eigenvalue weighted by molar-refractivity contribution is 0.503. The van der Waals surface area contributed by atoms with Crippen LogP contribution in [0.2, 0.25) is 0 Å². The molecule has 7 nitrogen and oxygen atoms in total. The van der Waals surface area contributed by atoms with Crippen molar-refractivity contribution in [2.24, 2.45) is 10.7 Å². The predicted octanol–water partition coefficient (Wildman–Crippen LogP) is 6.40. The Kier molecular flexibility index (Phi) is 11.0. The van der Waals surface area contributed by atoms with Gasteiger partial charge in [0.05, 0.1) is 10.6 Å². The molecule has 0 fully saturated rings. The molecule has 4 N–H and O–H groups in total. The van der Waals surface area contributed by atoms with Crippen molar-refractivity contribution < 1.29 is 8.42 Å². The molecule has 0 saturated heterocycles. The second-order valence-corrected chi connectivity index (χ2v) is 13.5. The minimum atomic E-state index is -3.73. The smallest absolute Gasteiger partial charge is 0.241 e.